The number of hydrogen-bond acceptors (Lipinski definition) is 5. The van der Waals surface area contributed by atoms with Crippen molar-refractivity contribution >= 4 is 11.6 Å². The van der Waals surface area contributed by atoms with E-state index in [0.29, 0.717) is 18.2 Å². The molecule has 1 rings (SSSR count). The summed E-state index contributed by atoms with van der Waals surface area (Å²) in [5.41, 5.74) is 5.96. The van der Waals surface area contributed by atoms with Gasteiger partial charge in [0.25, 0.3) is 0 Å². The lowest BCUT2D eigenvalue weighted by Crippen LogP contribution is -2.25. The highest BCUT2D eigenvalue weighted by atomic mass is 16.3. The van der Waals surface area contributed by atoms with Gasteiger partial charge in [0.15, 0.2) is 0 Å². The number of nitrogens with zero attached hydrogens (tertiary/aromatic N) is 2. The van der Waals surface area contributed by atoms with Gasteiger partial charge in [0, 0.05) is 6.54 Å². The number of hydrogen-bond donors (Lipinski definition) is 3. The molecule has 1 atom stereocenters. The zero-order chi connectivity index (χ0) is 10.6. The Morgan fingerprint density at radius 2 is 2.00 bits per heavy atom. The Kier molecular flexibility index (Phi) is 3.64. The van der Waals surface area contributed by atoms with Crippen molar-refractivity contribution in [3.8, 4) is 0 Å². The van der Waals surface area contributed by atoms with E-state index in [0.717, 1.165) is 0 Å². The third-order valence-corrected chi connectivity index (χ3v) is 1.91. The van der Waals surface area contributed by atoms with Crippen LogP contribution in [0.5, 0.6) is 0 Å². The summed E-state index contributed by atoms with van der Waals surface area (Å²) in [5, 5.41) is 12.4. The molecule has 78 valence electrons. The Bertz CT molecular complexity index is 273. The summed E-state index contributed by atoms with van der Waals surface area (Å²) in [6, 6.07) is 0. The Morgan fingerprint density at radius 1 is 1.43 bits per heavy atom. The van der Waals surface area contributed by atoms with Crippen molar-refractivity contribution in [3.05, 3.63) is 12.4 Å². The van der Waals surface area contributed by atoms with Crippen LogP contribution in [-0.4, -0.2) is 27.7 Å². The fourth-order valence-electron chi connectivity index (χ4n) is 0.861. The van der Waals surface area contributed by atoms with Crippen LogP contribution in [0.25, 0.3) is 0 Å². The highest BCUT2D eigenvalue weighted by Gasteiger charge is 2.08. The topological polar surface area (TPSA) is 84.1 Å². The third-order valence-electron chi connectivity index (χ3n) is 1.91. The van der Waals surface area contributed by atoms with Gasteiger partial charge in [0.2, 0.25) is 5.95 Å². The zero-order valence-electron chi connectivity index (χ0n) is 8.44. The minimum absolute atomic E-state index is 0.219. The maximum atomic E-state index is 9.50. The maximum Gasteiger partial charge on any atom is 0.222 e. The minimum Gasteiger partial charge on any atom is -0.396 e. The van der Waals surface area contributed by atoms with Crippen molar-refractivity contribution in [2.45, 2.75) is 20.0 Å². The van der Waals surface area contributed by atoms with E-state index in [1.807, 2.05) is 13.8 Å². The SMILES string of the molecule is CC(C)C(O)CNc1ncc(N)cn1. The molecular weight excluding hydrogens is 180 g/mol. The van der Waals surface area contributed by atoms with Crippen LogP contribution in [-0.2, 0) is 0 Å². The van der Waals surface area contributed by atoms with Crippen LogP contribution in [0.3, 0.4) is 0 Å². The van der Waals surface area contributed by atoms with Gasteiger partial charge >= 0.3 is 0 Å². The van der Waals surface area contributed by atoms with Gasteiger partial charge < -0.3 is 16.2 Å². The van der Waals surface area contributed by atoms with Crippen LogP contribution in [0.1, 0.15) is 13.8 Å². The molecule has 0 aliphatic carbocycles. The van der Waals surface area contributed by atoms with Gasteiger partial charge in [0.1, 0.15) is 0 Å². The molecule has 5 nitrogen and oxygen atoms in total. The number of nitrogens with one attached hydrogen (secondary N) is 1. The predicted octanol–water partition coefficient (Wildman–Crippen LogP) is 0.488. The van der Waals surface area contributed by atoms with E-state index in [2.05, 4.69) is 15.3 Å². The Hall–Kier alpha value is -1.36. The highest BCUT2D eigenvalue weighted by Crippen LogP contribution is 2.04. The lowest BCUT2D eigenvalue weighted by Gasteiger charge is -2.14. The van der Waals surface area contributed by atoms with E-state index < -0.39 is 6.10 Å². The molecule has 0 amide bonds. The summed E-state index contributed by atoms with van der Waals surface area (Å²) in [6.07, 6.45) is 2.66. The van der Waals surface area contributed by atoms with E-state index in [9.17, 15) is 5.11 Å². The largest absolute Gasteiger partial charge is 0.396 e. The molecule has 0 radical (unpaired) electrons. The first-order valence-corrected chi connectivity index (χ1v) is 4.59. The molecule has 14 heavy (non-hydrogen) atoms. The lowest BCUT2D eigenvalue weighted by molar-refractivity contribution is 0.137. The van der Waals surface area contributed by atoms with Gasteiger partial charge in [-0.15, -0.1) is 0 Å². The first kappa shape index (κ1) is 10.7. The molecule has 0 aromatic carbocycles. The van der Waals surface area contributed by atoms with E-state index in [4.69, 9.17) is 5.73 Å². The summed E-state index contributed by atoms with van der Waals surface area (Å²) in [4.78, 5) is 7.90. The third kappa shape index (κ3) is 3.18. The molecule has 4 N–H and O–H groups in total. The summed E-state index contributed by atoms with van der Waals surface area (Å²) in [6.45, 7) is 4.36. The molecule has 5 heteroatoms. The summed E-state index contributed by atoms with van der Waals surface area (Å²) in [5.74, 6) is 0.704. The molecule has 0 aliphatic rings. The molecule has 1 heterocycles. The zero-order valence-corrected chi connectivity index (χ0v) is 8.44. The molecular formula is C9H16N4O. The molecule has 1 aromatic heterocycles. The normalized spacial score (nSPS) is 12.9. The van der Waals surface area contributed by atoms with E-state index in [1.54, 1.807) is 0 Å². The van der Waals surface area contributed by atoms with Crippen molar-refractivity contribution in [1.29, 1.82) is 0 Å². The molecule has 0 saturated carbocycles. The Morgan fingerprint density at radius 3 is 2.50 bits per heavy atom. The summed E-state index contributed by atoms with van der Waals surface area (Å²) < 4.78 is 0. The second-order valence-corrected chi connectivity index (χ2v) is 3.53. The average molecular weight is 196 g/mol. The first-order valence-electron chi connectivity index (χ1n) is 4.59. The molecule has 0 aliphatic heterocycles. The highest BCUT2D eigenvalue weighted by molar-refractivity contribution is 5.35. The number of rotatable bonds is 4. The molecule has 0 fully saturated rings. The number of aromatic nitrogens is 2. The van der Waals surface area contributed by atoms with E-state index in [-0.39, 0.29) is 5.92 Å². The average Bonchev–Trinajstić information content (AvgIpc) is 2.16. The molecule has 1 aromatic rings. The number of aliphatic hydroxyl groups excluding tert-OH is 1. The van der Waals surface area contributed by atoms with E-state index >= 15 is 0 Å². The van der Waals surface area contributed by atoms with Crippen LogP contribution in [0.4, 0.5) is 11.6 Å². The van der Waals surface area contributed by atoms with Crippen LogP contribution < -0.4 is 11.1 Å². The molecule has 1 unspecified atom stereocenters. The number of anilines is 2. The van der Waals surface area contributed by atoms with Gasteiger partial charge in [-0.1, -0.05) is 13.8 Å². The maximum absolute atomic E-state index is 9.50. The fraction of sp³-hybridized carbons (Fsp3) is 0.556. The van der Waals surface area contributed by atoms with Gasteiger partial charge in [-0.3, -0.25) is 0 Å². The molecule has 0 saturated heterocycles. The number of nitrogens with two attached hydrogens (primary N) is 1. The van der Waals surface area contributed by atoms with Crippen molar-refractivity contribution in [2.75, 3.05) is 17.6 Å². The Balaban J connectivity index is 2.42. The lowest BCUT2D eigenvalue weighted by atomic mass is 10.1. The van der Waals surface area contributed by atoms with Gasteiger partial charge in [0.05, 0.1) is 24.2 Å². The van der Waals surface area contributed by atoms with Crippen molar-refractivity contribution in [2.24, 2.45) is 5.92 Å². The van der Waals surface area contributed by atoms with Gasteiger partial charge in [-0.25, -0.2) is 9.97 Å². The van der Waals surface area contributed by atoms with Gasteiger partial charge in [-0.2, -0.15) is 0 Å². The van der Waals surface area contributed by atoms with Crippen LogP contribution in [0, 0.1) is 5.92 Å². The second kappa shape index (κ2) is 4.76. The van der Waals surface area contributed by atoms with E-state index in [1.165, 1.54) is 12.4 Å². The van der Waals surface area contributed by atoms with Crippen LogP contribution in [0.2, 0.25) is 0 Å². The van der Waals surface area contributed by atoms with Crippen molar-refractivity contribution < 1.29 is 5.11 Å². The van der Waals surface area contributed by atoms with Crippen molar-refractivity contribution in [1.82, 2.24) is 9.97 Å². The second-order valence-electron chi connectivity index (χ2n) is 3.53. The first-order chi connectivity index (χ1) is 6.59. The minimum atomic E-state index is -0.392. The quantitative estimate of drug-likeness (QED) is 0.652. The predicted molar refractivity (Wildman–Crippen MR) is 55.8 cm³/mol. The van der Waals surface area contributed by atoms with Gasteiger partial charge in [-0.05, 0) is 5.92 Å². The van der Waals surface area contributed by atoms with Crippen molar-refractivity contribution in [3.63, 3.8) is 0 Å². The number of aliphatic hydroxyl groups is 1. The van der Waals surface area contributed by atoms with Crippen LogP contribution in [0.15, 0.2) is 12.4 Å². The summed E-state index contributed by atoms with van der Waals surface area (Å²) >= 11 is 0. The smallest absolute Gasteiger partial charge is 0.222 e. The summed E-state index contributed by atoms with van der Waals surface area (Å²) in [7, 11) is 0. The number of nitrogen functional groups attached to an aromatic ring is 1. The Labute approximate surface area is 83.4 Å². The molecule has 0 bridgehead atoms. The monoisotopic (exact) mass is 196 g/mol. The standard InChI is InChI=1S/C9H16N4O/c1-6(2)8(14)5-13-9-11-3-7(10)4-12-9/h3-4,6,8,14H,5,10H2,1-2H3,(H,11,12,13). The fourth-order valence-corrected chi connectivity index (χ4v) is 0.861. The van der Waals surface area contributed by atoms with Crippen LogP contribution >= 0.6 is 0 Å². The molecule has 0 spiro atoms.